The summed E-state index contributed by atoms with van der Waals surface area (Å²) in [5.74, 6) is -0.286. The van der Waals surface area contributed by atoms with Crippen molar-refractivity contribution in [3.05, 3.63) is 24.0 Å². The summed E-state index contributed by atoms with van der Waals surface area (Å²) in [5.41, 5.74) is 5.85. The van der Waals surface area contributed by atoms with E-state index in [1.165, 1.54) is 6.08 Å². The van der Waals surface area contributed by atoms with Crippen LogP contribution in [-0.4, -0.2) is 40.0 Å². The highest BCUT2D eigenvalue weighted by Gasteiger charge is 2.21. The lowest BCUT2D eigenvalue weighted by Gasteiger charge is -2.31. The Kier molecular flexibility index (Phi) is 4.86. The number of hydrogen-bond donors (Lipinski definition) is 2. The number of amides is 1. The van der Waals surface area contributed by atoms with Crippen LogP contribution in [0.2, 0.25) is 0 Å². The number of primary amides is 1. The van der Waals surface area contributed by atoms with Crippen LogP contribution in [-0.2, 0) is 9.59 Å². The topological polar surface area (TPSA) is 109 Å². The van der Waals surface area contributed by atoms with Crippen LogP contribution in [0.15, 0.2) is 18.5 Å². The molecule has 1 aromatic heterocycles. The fraction of sp³-hybridized carbons (Fsp3) is 0.429. The number of nitrogens with two attached hydrogens (primary N) is 1. The van der Waals surface area contributed by atoms with Gasteiger partial charge in [-0.05, 0) is 24.8 Å². The summed E-state index contributed by atoms with van der Waals surface area (Å²) < 4.78 is 0. The molecule has 0 atom stereocenters. The van der Waals surface area contributed by atoms with Crippen molar-refractivity contribution in [1.29, 1.82) is 0 Å². The quantitative estimate of drug-likeness (QED) is 0.771. The standard InChI is InChI=1S/C14H18N4O3/c15-12(19)7-10-3-5-18(6-4-10)14-16-8-11(9-17-14)1-2-13(20)21/h1-2,8-10H,3-7H2,(H2,15,19)(H,20,21)/b2-1+. The van der Waals surface area contributed by atoms with Gasteiger partial charge < -0.3 is 15.7 Å². The van der Waals surface area contributed by atoms with Gasteiger partial charge in [0.2, 0.25) is 11.9 Å². The SMILES string of the molecule is NC(=O)CC1CCN(c2ncc(/C=C/C(=O)O)cn2)CC1. The van der Waals surface area contributed by atoms with E-state index in [1.807, 2.05) is 0 Å². The Morgan fingerprint density at radius 3 is 2.48 bits per heavy atom. The Balaban J connectivity index is 1.92. The number of aromatic nitrogens is 2. The monoisotopic (exact) mass is 290 g/mol. The van der Waals surface area contributed by atoms with Gasteiger partial charge in [-0.2, -0.15) is 0 Å². The number of hydrogen-bond acceptors (Lipinski definition) is 5. The van der Waals surface area contributed by atoms with Crippen LogP contribution in [0.5, 0.6) is 0 Å². The van der Waals surface area contributed by atoms with Crippen molar-refractivity contribution >= 4 is 23.9 Å². The Morgan fingerprint density at radius 2 is 1.95 bits per heavy atom. The van der Waals surface area contributed by atoms with Crippen molar-refractivity contribution in [3.63, 3.8) is 0 Å². The zero-order chi connectivity index (χ0) is 15.2. The number of nitrogens with zero attached hydrogens (tertiary/aromatic N) is 3. The van der Waals surface area contributed by atoms with Gasteiger partial charge in [-0.1, -0.05) is 0 Å². The molecule has 0 unspecified atom stereocenters. The van der Waals surface area contributed by atoms with Crippen molar-refractivity contribution in [2.75, 3.05) is 18.0 Å². The van der Waals surface area contributed by atoms with Gasteiger partial charge in [-0.15, -0.1) is 0 Å². The molecule has 1 saturated heterocycles. The van der Waals surface area contributed by atoms with Gasteiger partial charge in [-0.3, -0.25) is 4.79 Å². The number of anilines is 1. The number of aliphatic carboxylic acids is 1. The summed E-state index contributed by atoms with van der Waals surface area (Å²) >= 11 is 0. The van der Waals surface area contributed by atoms with Gasteiger partial charge >= 0.3 is 5.97 Å². The fourth-order valence-corrected chi connectivity index (χ4v) is 2.37. The third-order valence-electron chi connectivity index (χ3n) is 3.46. The maximum absolute atomic E-state index is 10.9. The van der Waals surface area contributed by atoms with E-state index in [0.29, 0.717) is 23.9 Å². The first-order valence-corrected chi connectivity index (χ1v) is 6.81. The predicted molar refractivity (Wildman–Crippen MR) is 77.5 cm³/mol. The van der Waals surface area contributed by atoms with Crippen molar-refractivity contribution in [2.45, 2.75) is 19.3 Å². The first kappa shape index (κ1) is 15.0. The molecule has 112 valence electrons. The van der Waals surface area contributed by atoms with E-state index < -0.39 is 5.97 Å². The lowest BCUT2D eigenvalue weighted by atomic mass is 9.93. The van der Waals surface area contributed by atoms with Crippen molar-refractivity contribution in [1.82, 2.24) is 9.97 Å². The van der Waals surface area contributed by atoms with Crippen LogP contribution >= 0.6 is 0 Å². The number of carbonyl (C=O) groups excluding carboxylic acids is 1. The van der Waals surface area contributed by atoms with E-state index in [0.717, 1.165) is 32.0 Å². The summed E-state index contributed by atoms with van der Waals surface area (Å²) in [6.07, 6.45) is 7.92. The highest BCUT2D eigenvalue weighted by atomic mass is 16.4. The van der Waals surface area contributed by atoms with Gasteiger partial charge in [0.05, 0.1) is 0 Å². The molecule has 0 bridgehead atoms. The zero-order valence-corrected chi connectivity index (χ0v) is 11.6. The lowest BCUT2D eigenvalue weighted by Crippen LogP contribution is -2.36. The molecule has 1 fully saturated rings. The Bertz CT molecular complexity index is 534. The third-order valence-corrected chi connectivity index (χ3v) is 3.46. The average molecular weight is 290 g/mol. The maximum Gasteiger partial charge on any atom is 0.328 e. The van der Waals surface area contributed by atoms with Gasteiger partial charge in [0.15, 0.2) is 0 Å². The summed E-state index contributed by atoms with van der Waals surface area (Å²) in [6, 6.07) is 0. The molecular formula is C14H18N4O3. The largest absolute Gasteiger partial charge is 0.478 e. The van der Waals surface area contributed by atoms with Gasteiger partial charge in [0, 0.05) is 43.5 Å². The second kappa shape index (κ2) is 6.83. The number of rotatable bonds is 5. The minimum Gasteiger partial charge on any atom is -0.478 e. The van der Waals surface area contributed by atoms with Crippen LogP contribution in [0, 0.1) is 5.92 Å². The molecule has 0 saturated carbocycles. The molecule has 3 N–H and O–H groups in total. The summed E-state index contributed by atoms with van der Waals surface area (Å²) in [6.45, 7) is 1.59. The molecule has 2 heterocycles. The normalized spacial score (nSPS) is 16.3. The molecule has 7 heteroatoms. The Morgan fingerprint density at radius 1 is 1.33 bits per heavy atom. The van der Waals surface area contributed by atoms with Crippen molar-refractivity contribution < 1.29 is 14.7 Å². The van der Waals surface area contributed by atoms with Crippen LogP contribution in [0.4, 0.5) is 5.95 Å². The molecule has 21 heavy (non-hydrogen) atoms. The van der Waals surface area contributed by atoms with E-state index in [2.05, 4.69) is 14.9 Å². The third kappa shape index (κ3) is 4.55. The molecule has 7 nitrogen and oxygen atoms in total. The Hall–Kier alpha value is -2.44. The predicted octanol–water partition coefficient (Wildman–Crippen LogP) is 0.666. The number of carbonyl (C=O) groups is 2. The molecule has 0 radical (unpaired) electrons. The second-order valence-electron chi connectivity index (χ2n) is 5.09. The molecule has 2 rings (SSSR count). The van der Waals surface area contributed by atoms with Gasteiger partial charge in [-0.25, -0.2) is 14.8 Å². The summed E-state index contributed by atoms with van der Waals surface area (Å²) in [7, 11) is 0. The lowest BCUT2D eigenvalue weighted by molar-refractivity contribution is -0.131. The number of carboxylic acids is 1. The molecule has 0 aromatic carbocycles. The molecule has 0 spiro atoms. The minimum atomic E-state index is -1.00. The van der Waals surface area contributed by atoms with Crippen molar-refractivity contribution in [2.24, 2.45) is 11.7 Å². The molecule has 0 aliphatic carbocycles. The van der Waals surface area contributed by atoms with E-state index in [4.69, 9.17) is 10.8 Å². The summed E-state index contributed by atoms with van der Waals surface area (Å²) in [4.78, 5) is 31.9. The van der Waals surface area contributed by atoms with Crippen LogP contribution in [0.1, 0.15) is 24.8 Å². The Labute approximate surface area is 122 Å². The van der Waals surface area contributed by atoms with Gasteiger partial charge in [0.25, 0.3) is 0 Å². The zero-order valence-electron chi connectivity index (χ0n) is 11.6. The van der Waals surface area contributed by atoms with Crippen molar-refractivity contribution in [3.8, 4) is 0 Å². The molecule has 1 aliphatic rings. The van der Waals surface area contributed by atoms with Gasteiger partial charge in [0.1, 0.15) is 0 Å². The van der Waals surface area contributed by atoms with Crippen LogP contribution in [0.3, 0.4) is 0 Å². The molecule has 1 aliphatic heterocycles. The second-order valence-corrected chi connectivity index (χ2v) is 5.09. The highest BCUT2D eigenvalue weighted by molar-refractivity contribution is 5.85. The summed E-state index contributed by atoms with van der Waals surface area (Å²) in [5, 5.41) is 8.55. The van der Waals surface area contributed by atoms with Crippen LogP contribution in [0.25, 0.3) is 6.08 Å². The molecular weight excluding hydrogens is 272 g/mol. The first-order chi connectivity index (χ1) is 10.0. The average Bonchev–Trinajstić information content (AvgIpc) is 2.46. The fourth-order valence-electron chi connectivity index (χ4n) is 2.37. The number of carboxylic acid groups (broad SMARTS) is 1. The van der Waals surface area contributed by atoms with E-state index in [1.54, 1.807) is 12.4 Å². The highest BCUT2D eigenvalue weighted by Crippen LogP contribution is 2.22. The molecule has 1 amide bonds. The van der Waals surface area contributed by atoms with E-state index in [-0.39, 0.29) is 5.91 Å². The van der Waals surface area contributed by atoms with E-state index >= 15 is 0 Å². The smallest absolute Gasteiger partial charge is 0.328 e. The number of piperidine rings is 1. The minimum absolute atomic E-state index is 0.251. The van der Waals surface area contributed by atoms with E-state index in [9.17, 15) is 9.59 Å². The first-order valence-electron chi connectivity index (χ1n) is 6.81. The molecule has 1 aromatic rings. The maximum atomic E-state index is 10.9. The van der Waals surface area contributed by atoms with Crippen LogP contribution < -0.4 is 10.6 Å².